The highest BCUT2D eigenvalue weighted by Crippen LogP contribution is 2.78. The fraction of sp³-hybridized carbons (Fsp3) is 0.265. The molecule has 54 heavy (non-hydrogen) atoms. The van der Waals surface area contributed by atoms with Crippen LogP contribution < -0.4 is 4.65 Å². The SMILES string of the molecule is CCCC[P+](CCCC)(CCCC)C(c1ccccc1)(c1ccccc1)c1ccccc1.OB(O)Oc1cccc2ccc3cc4ccccc4cc3c12. The maximum atomic E-state index is 9.14. The molecule has 0 saturated heterocycles. The quantitative estimate of drug-likeness (QED) is 0.0363. The molecule has 7 rings (SSSR count). The van der Waals surface area contributed by atoms with E-state index in [2.05, 4.69) is 142 Å². The molecule has 0 radical (unpaired) electrons. The molecule has 0 aliphatic carbocycles. The van der Waals surface area contributed by atoms with Crippen molar-refractivity contribution < 1.29 is 14.7 Å². The Morgan fingerprint density at radius 2 is 0.907 bits per heavy atom. The van der Waals surface area contributed by atoms with Crippen LogP contribution in [0.3, 0.4) is 0 Å². The van der Waals surface area contributed by atoms with Crippen LogP contribution in [0, 0.1) is 0 Å². The highest BCUT2D eigenvalue weighted by Gasteiger charge is 2.59. The standard InChI is InChI=1S/C31H42P.C18H13BO3/c1-4-7-25-32(26-8-5-2,27-9-6-3)31(28-19-13-10-14-20-28,29-21-15-11-16-22-29)30-23-17-12-18-24-30;20-19(21)22-17-7-3-6-12-8-9-15-10-13-4-1-2-5-14(13)11-16(15)18(12)17/h10-24H,4-9,25-27H2,1-3H3;1-11,20-21H/q+1;. The number of unbranched alkanes of at least 4 members (excludes halogenated alkanes) is 3. The zero-order chi connectivity index (χ0) is 37.8. The number of benzene rings is 7. The molecular formula is C49H55BO3P+. The monoisotopic (exact) mass is 733 g/mol. The molecule has 3 nitrogen and oxygen atoms in total. The molecule has 2 N–H and O–H groups in total. The van der Waals surface area contributed by atoms with Gasteiger partial charge in [-0.3, -0.25) is 0 Å². The van der Waals surface area contributed by atoms with Gasteiger partial charge in [-0.05, 0) is 64.4 Å². The third-order valence-corrected chi connectivity index (χ3v) is 16.7. The molecule has 0 aromatic heterocycles. The van der Waals surface area contributed by atoms with Gasteiger partial charge in [0.2, 0.25) is 0 Å². The fourth-order valence-electron chi connectivity index (χ4n) is 8.56. The van der Waals surface area contributed by atoms with Crippen LogP contribution in [0.5, 0.6) is 5.75 Å². The summed E-state index contributed by atoms with van der Waals surface area (Å²) in [4.78, 5) is 0. The lowest BCUT2D eigenvalue weighted by molar-refractivity contribution is 0.289. The van der Waals surface area contributed by atoms with Gasteiger partial charge in [-0.2, -0.15) is 0 Å². The molecule has 0 saturated carbocycles. The van der Waals surface area contributed by atoms with Gasteiger partial charge in [-0.25, -0.2) is 0 Å². The molecule has 0 bridgehead atoms. The Balaban J connectivity index is 0.000000196. The van der Waals surface area contributed by atoms with Crippen molar-refractivity contribution in [1.82, 2.24) is 0 Å². The van der Waals surface area contributed by atoms with Crippen LogP contribution in [0.15, 0.2) is 158 Å². The molecule has 7 aromatic rings. The maximum Gasteiger partial charge on any atom is 0.707 e. The van der Waals surface area contributed by atoms with E-state index in [0.29, 0.717) is 5.75 Å². The first-order valence-corrected chi connectivity index (χ1v) is 22.2. The van der Waals surface area contributed by atoms with Crippen LogP contribution in [0.2, 0.25) is 0 Å². The van der Waals surface area contributed by atoms with E-state index in [1.165, 1.54) is 79.1 Å². The van der Waals surface area contributed by atoms with Crippen molar-refractivity contribution in [2.75, 3.05) is 18.5 Å². The van der Waals surface area contributed by atoms with Gasteiger partial charge in [0.15, 0.2) is 5.16 Å². The third-order valence-electron chi connectivity index (χ3n) is 11.0. The molecule has 0 atom stereocenters. The zero-order valence-corrected chi connectivity index (χ0v) is 33.1. The van der Waals surface area contributed by atoms with Gasteiger partial charge >= 0.3 is 7.32 Å². The Bertz CT molecular complexity index is 2090. The third kappa shape index (κ3) is 8.27. The van der Waals surface area contributed by atoms with Gasteiger partial charge in [-0.15, -0.1) is 0 Å². The number of fused-ring (bicyclic) bond motifs is 4. The van der Waals surface area contributed by atoms with E-state index in [1.807, 2.05) is 30.3 Å². The van der Waals surface area contributed by atoms with Crippen molar-refractivity contribution in [3.05, 3.63) is 174 Å². The smallest absolute Gasteiger partial charge is 0.511 e. The molecule has 0 aliphatic rings. The largest absolute Gasteiger partial charge is 0.707 e. The van der Waals surface area contributed by atoms with Gasteiger partial charge in [0.25, 0.3) is 0 Å². The summed E-state index contributed by atoms with van der Waals surface area (Å²) in [7, 11) is -3.28. The predicted molar refractivity (Wildman–Crippen MR) is 235 cm³/mol. The van der Waals surface area contributed by atoms with E-state index >= 15 is 0 Å². The van der Waals surface area contributed by atoms with Gasteiger partial charge < -0.3 is 14.7 Å². The number of hydrogen-bond acceptors (Lipinski definition) is 3. The topological polar surface area (TPSA) is 49.7 Å². The highest BCUT2D eigenvalue weighted by molar-refractivity contribution is 7.77. The molecule has 0 heterocycles. The van der Waals surface area contributed by atoms with Crippen LogP contribution in [-0.4, -0.2) is 35.9 Å². The van der Waals surface area contributed by atoms with Crippen molar-refractivity contribution in [2.24, 2.45) is 0 Å². The number of hydrogen-bond donors (Lipinski definition) is 2. The second-order valence-electron chi connectivity index (χ2n) is 14.5. The molecule has 0 amide bonds. The lowest BCUT2D eigenvalue weighted by atomic mass is 9.84. The van der Waals surface area contributed by atoms with E-state index in [0.717, 1.165) is 26.9 Å². The fourth-order valence-corrected chi connectivity index (χ4v) is 15.1. The first-order valence-electron chi connectivity index (χ1n) is 19.9. The molecular weight excluding hydrogens is 678 g/mol. The van der Waals surface area contributed by atoms with Crippen molar-refractivity contribution in [3.8, 4) is 5.75 Å². The van der Waals surface area contributed by atoms with Gasteiger partial charge in [0.1, 0.15) is 5.75 Å². The maximum absolute atomic E-state index is 9.14. The van der Waals surface area contributed by atoms with Crippen molar-refractivity contribution >= 4 is 46.9 Å². The molecule has 276 valence electrons. The lowest BCUT2D eigenvalue weighted by Crippen LogP contribution is -2.37. The van der Waals surface area contributed by atoms with Crippen molar-refractivity contribution in [2.45, 2.75) is 64.5 Å². The predicted octanol–water partition coefficient (Wildman–Crippen LogP) is 12.9. The first kappa shape index (κ1) is 39.2. The molecule has 0 spiro atoms. The minimum atomic E-state index is -1.83. The van der Waals surface area contributed by atoms with Crippen LogP contribution >= 0.6 is 7.26 Å². The van der Waals surface area contributed by atoms with Crippen LogP contribution in [0.1, 0.15) is 76.0 Å². The van der Waals surface area contributed by atoms with E-state index in [9.17, 15) is 0 Å². The lowest BCUT2D eigenvalue weighted by Gasteiger charge is -2.47. The molecule has 0 unspecified atom stereocenters. The molecule has 0 fully saturated rings. The summed E-state index contributed by atoms with van der Waals surface area (Å²) in [5.41, 5.74) is 4.48. The Labute approximate surface area is 323 Å². The Morgan fingerprint density at radius 3 is 1.37 bits per heavy atom. The summed E-state index contributed by atoms with van der Waals surface area (Å²) in [6.45, 7) is 7.09. The van der Waals surface area contributed by atoms with E-state index in [-0.39, 0.29) is 5.16 Å². The van der Waals surface area contributed by atoms with E-state index in [1.54, 1.807) is 6.07 Å². The van der Waals surface area contributed by atoms with Crippen molar-refractivity contribution in [1.29, 1.82) is 0 Å². The van der Waals surface area contributed by atoms with Gasteiger partial charge in [0, 0.05) is 29.3 Å². The summed E-state index contributed by atoms with van der Waals surface area (Å²) >= 11 is 0. The van der Waals surface area contributed by atoms with Crippen LogP contribution in [-0.2, 0) is 5.16 Å². The Morgan fingerprint density at radius 1 is 0.481 bits per heavy atom. The summed E-state index contributed by atoms with van der Waals surface area (Å²) in [5, 5.41) is 24.6. The molecule has 0 aliphatic heterocycles. The zero-order valence-electron chi connectivity index (χ0n) is 32.2. The van der Waals surface area contributed by atoms with Gasteiger partial charge in [-0.1, -0.05) is 180 Å². The average molecular weight is 734 g/mol. The summed E-state index contributed by atoms with van der Waals surface area (Å²) in [6.07, 6.45) is 11.9. The normalized spacial score (nSPS) is 11.7. The second-order valence-corrected chi connectivity index (χ2v) is 18.8. The minimum Gasteiger partial charge on any atom is -0.511 e. The minimum absolute atomic E-state index is 0.0453. The van der Waals surface area contributed by atoms with Gasteiger partial charge in [0.05, 0.1) is 18.5 Å². The Kier molecular flexibility index (Phi) is 13.6. The van der Waals surface area contributed by atoms with E-state index in [4.69, 9.17) is 14.7 Å². The first-order chi connectivity index (χ1) is 26.5. The number of rotatable bonds is 15. The Hall–Kier alpha value is -4.47. The summed E-state index contributed by atoms with van der Waals surface area (Å²) in [6, 6.07) is 56.6. The second kappa shape index (κ2) is 18.7. The highest BCUT2D eigenvalue weighted by atomic mass is 31.2. The van der Waals surface area contributed by atoms with Crippen LogP contribution in [0.4, 0.5) is 0 Å². The van der Waals surface area contributed by atoms with Crippen LogP contribution in [0.25, 0.3) is 32.3 Å². The summed E-state index contributed by atoms with van der Waals surface area (Å²) in [5.74, 6) is 0.466. The molecule has 5 heteroatoms. The molecule has 7 aromatic carbocycles. The van der Waals surface area contributed by atoms with E-state index < -0.39 is 14.6 Å². The average Bonchev–Trinajstić information content (AvgIpc) is 3.22. The van der Waals surface area contributed by atoms with Crippen molar-refractivity contribution in [3.63, 3.8) is 0 Å². The summed E-state index contributed by atoms with van der Waals surface area (Å²) < 4.78 is 5.16.